The number of rotatable bonds is 5. The van der Waals surface area contributed by atoms with E-state index in [2.05, 4.69) is 5.43 Å². The van der Waals surface area contributed by atoms with E-state index in [1.165, 1.54) is 24.3 Å². The minimum Gasteiger partial charge on any atom is -0.288 e. The maximum absolute atomic E-state index is 13.3. The Kier molecular flexibility index (Phi) is 4.84. The zero-order valence-corrected chi connectivity index (χ0v) is 13.3. The summed E-state index contributed by atoms with van der Waals surface area (Å²) >= 11 is 0. The van der Waals surface area contributed by atoms with Gasteiger partial charge in [0.1, 0.15) is 6.04 Å². The van der Waals surface area contributed by atoms with Crippen LogP contribution in [0.2, 0.25) is 0 Å². The number of nitro groups is 1. The maximum atomic E-state index is 13.3. The summed E-state index contributed by atoms with van der Waals surface area (Å²) in [5.74, 6) is -0.438. The zero-order valence-electron chi connectivity index (χ0n) is 13.3. The van der Waals surface area contributed by atoms with Crippen LogP contribution < -0.4 is 5.43 Å². The second kappa shape index (κ2) is 6.39. The van der Waals surface area contributed by atoms with Crippen LogP contribution in [0.15, 0.2) is 24.3 Å². The Hall–Kier alpha value is -2.16. The number of benzene rings is 1. The topological polar surface area (TPSA) is 75.5 Å². The fourth-order valence-electron chi connectivity index (χ4n) is 2.59. The standard InChI is InChI=1S/C15H18F3N3O3/c1-14(2)9-20(19-13(14)22)12(15(16,17)18)8-5-10-3-6-11(7-4-10)21(23)24/h3-4,6-7,12H,5,8-9H2,1-2H3,(H,19,22)/t12-/m0/s1. The first kappa shape index (κ1) is 18.2. The molecule has 0 saturated carbocycles. The van der Waals surface area contributed by atoms with E-state index in [0.29, 0.717) is 5.56 Å². The number of hydrogen-bond donors (Lipinski definition) is 1. The van der Waals surface area contributed by atoms with E-state index in [1.807, 2.05) is 0 Å². The first-order valence-electron chi connectivity index (χ1n) is 7.38. The highest BCUT2D eigenvalue weighted by Crippen LogP contribution is 2.33. The number of carbonyl (C=O) groups excluding carboxylic acids is 1. The molecular weight excluding hydrogens is 327 g/mol. The van der Waals surface area contributed by atoms with Crippen molar-refractivity contribution in [3.63, 3.8) is 0 Å². The van der Waals surface area contributed by atoms with Crippen molar-refractivity contribution >= 4 is 11.6 Å². The third-order valence-corrected chi connectivity index (χ3v) is 4.03. The van der Waals surface area contributed by atoms with Gasteiger partial charge in [0.15, 0.2) is 0 Å². The van der Waals surface area contributed by atoms with Gasteiger partial charge in [0.2, 0.25) is 5.91 Å². The van der Waals surface area contributed by atoms with Gasteiger partial charge in [-0.2, -0.15) is 13.2 Å². The molecule has 1 amide bonds. The van der Waals surface area contributed by atoms with Crippen molar-refractivity contribution in [3.8, 4) is 0 Å². The van der Waals surface area contributed by atoms with E-state index < -0.39 is 28.5 Å². The summed E-state index contributed by atoms with van der Waals surface area (Å²) in [6.45, 7) is 3.15. The minimum absolute atomic E-state index is 0.0315. The SMILES string of the molecule is CC1(C)CN([C@@H](CCc2ccc([N+](=O)[O-])cc2)C(F)(F)F)NC1=O. The smallest absolute Gasteiger partial charge is 0.288 e. The number of carbonyl (C=O) groups is 1. The number of nitro benzene ring substituents is 1. The highest BCUT2D eigenvalue weighted by molar-refractivity contribution is 5.83. The van der Waals surface area contributed by atoms with Crippen LogP contribution in [0.25, 0.3) is 0 Å². The fourth-order valence-corrected chi connectivity index (χ4v) is 2.59. The largest absolute Gasteiger partial charge is 0.405 e. The number of hydrogen-bond acceptors (Lipinski definition) is 4. The molecule has 0 bridgehead atoms. The quantitative estimate of drug-likeness (QED) is 0.658. The van der Waals surface area contributed by atoms with Crippen LogP contribution in [0.3, 0.4) is 0 Å². The molecule has 1 aliphatic heterocycles. The first-order valence-corrected chi connectivity index (χ1v) is 7.38. The van der Waals surface area contributed by atoms with Crippen molar-refractivity contribution in [2.24, 2.45) is 5.41 Å². The number of nitrogens with zero attached hydrogens (tertiary/aromatic N) is 2. The molecule has 0 spiro atoms. The summed E-state index contributed by atoms with van der Waals surface area (Å²) in [6.07, 6.45) is -4.65. The molecule has 1 aromatic rings. The van der Waals surface area contributed by atoms with Crippen molar-refractivity contribution in [1.82, 2.24) is 10.4 Å². The van der Waals surface area contributed by atoms with Crippen molar-refractivity contribution in [2.45, 2.75) is 38.9 Å². The summed E-state index contributed by atoms with van der Waals surface area (Å²) < 4.78 is 40.0. The van der Waals surface area contributed by atoms with Crippen LogP contribution in [0.4, 0.5) is 18.9 Å². The van der Waals surface area contributed by atoms with Gasteiger partial charge in [-0.15, -0.1) is 0 Å². The van der Waals surface area contributed by atoms with Crippen LogP contribution in [-0.2, 0) is 11.2 Å². The molecule has 1 saturated heterocycles. The number of halogens is 3. The highest BCUT2D eigenvalue weighted by atomic mass is 19.4. The van der Waals surface area contributed by atoms with Gasteiger partial charge in [0.05, 0.1) is 10.3 Å². The Bertz CT molecular complexity index is 629. The third-order valence-electron chi connectivity index (χ3n) is 4.03. The number of hydrazine groups is 1. The summed E-state index contributed by atoms with van der Waals surface area (Å²) in [7, 11) is 0. The molecule has 0 aliphatic carbocycles. The molecule has 6 nitrogen and oxygen atoms in total. The monoisotopic (exact) mass is 345 g/mol. The van der Waals surface area contributed by atoms with Gasteiger partial charge >= 0.3 is 6.18 Å². The lowest BCUT2D eigenvalue weighted by molar-refractivity contribution is -0.384. The molecule has 1 heterocycles. The Morgan fingerprint density at radius 2 is 1.92 bits per heavy atom. The zero-order chi connectivity index (χ0) is 18.1. The van der Waals surface area contributed by atoms with Crippen LogP contribution in [0.1, 0.15) is 25.8 Å². The third kappa shape index (κ3) is 4.02. The average molecular weight is 345 g/mol. The molecule has 0 unspecified atom stereocenters. The number of alkyl halides is 3. The van der Waals surface area contributed by atoms with Gasteiger partial charge in [-0.1, -0.05) is 12.1 Å². The van der Waals surface area contributed by atoms with E-state index in [9.17, 15) is 28.1 Å². The second-order valence-corrected chi connectivity index (χ2v) is 6.47. The van der Waals surface area contributed by atoms with Gasteiger partial charge in [-0.3, -0.25) is 20.3 Å². The lowest BCUT2D eigenvalue weighted by Crippen LogP contribution is -2.50. The van der Waals surface area contributed by atoms with Gasteiger partial charge in [-0.05, 0) is 32.3 Å². The van der Waals surface area contributed by atoms with Gasteiger partial charge in [0, 0.05) is 18.7 Å². The molecule has 1 N–H and O–H groups in total. The average Bonchev–Trinajstić information content (AvgIpc) is 2.71. The Morgan fingerprint density at radius 3 is 2.33 bits per heavy atom. The molecule has 9 heteroatoms. The molecule has 1 atom stereocenters. The van der Waals surface area contributed by atoms with Gasteiger partial charge in [0.25, 0.3) is 5.69 Å². The molecule has 1 aliphatic rings. The van der Waals surface area contributed by atoms with E-state index >= 15 is 0 Å². The van der Waals surface area contributed by atoms with Crippen molar-refractivity contribution in [2.75, 3.05) is 6.54 Å². The fraction of sp³-hybridized carbons (Fsp3) is 0.533. The molecule has 24 heavy (non-hydrogen) atoms. The number of aryl methyl sites for hydroxylation is 1. The van der Waals surface area contributed by atoms with Crippen molar-refractivity contribution < 1.29 is 22.9 Å². The normalized spacial score (nSPS) is 19.1. The molecule has 132 valence electrons. The number of non-ortho nitro benzene ring substituents is 1. The Labute approximate surface area is 136 Å². The summed E-state index contributed by atoms with van der Waals surface area (Å²) in [5.41, 5.74) is 1.88. The van der Waals surface area contributed by atoms with Crippen molar-refractivity contribution in [1.29, 1.82) is 0 Å². The molecule has 1 aromatic carbocycles. The maximum Gasteiger partial charge on any atom is 0.405 e. The van der Waals surface area contributed by atoms with Crippen LogP contribution in [-0.4, -0.2) is 34.6 Å². The lowest BCUT2D eigenvalue weighted by Gasteiger charge is -2.29. The second-order valence-electron chi connectivity index (χ2n) is 6.47. The molecule has 2 rings (SSSR count). The summed E-state index contributed by atoms with van der Waals surface area (Å²) in [4.78, 5) is 21.7. The molecular formula is C15H18F3N3O3. The minimum atomic E-state index is -4.49. The van der Waals surface area contributed by atoms with E-state index in [1.54, 1.807) is 13.8 Å². The van der Waals surface area contributed by atoms with E-state index in [0.717, 1.165) is 5.01 Å². The Balaban J connectivity index is 2.08. The number of amides is 1. The first-order chi connectivity index (χ1) is 11.0. The van der Waals surface area contributed by atoms with Crippen LogP contribution in [0.5, 0.6) is 0 Å². The predicted molar refractivity (Wildman–Crippen MR) is 79.9 cm³/mol. The van der Waals surface area contributed by atoms with Crippen LogP contribution >= 0.6 is 0 Å². The number of nitrogens with one attached hydrogen (secondary N) is 1. The van der Waals surface area contributed by atoms with Crippen LogP contribution in [0, 0.1) is 15.5 Å². The van der Waals surface area contributed by atoms with E-state index in [-0.39, 0.29) is 25.1 Å². The Morgan fingerprint density at radius 1 is 1.33 bits per heavy atom. The predicted octanol–water partition coefficient (Wildman–Crippen LogP) is 2.83. The lowest BCUT2D eigenvalue weighted by atomic mass is 9.94. The summed E-state index contributed by atoms with van der Waals surface area (Å²) in [5, 5.41) is 11.5. The van der Waals surface area contributed by atoms with Crippen molar-refractivity contribution in [3.05, 3.63) is 39.9 Å². The van der Waals surface area contributed by atoms with Gasteiger partial charge < -0.3 is 0 Å². The van der Waals surface area contributed by atoms with E-state index in [4.69, 9.17) is 0 Å². The highest BCUT2D eigenvalue weighted by Gasteiger charge is 2.49. The molecule has 1 fully saturated rings. The summed E-state index contributed by atoms with van der Waals surface area (Å²) in [6, 6.07) is 3.60. The van der Waals surface area contributed by atoms with Gasteiger partial charge in [-0.25, -0.2) is 5.01 Å². The molecule has 0 radical (unpaired) electrons. The molecule has 0 aromatic heterocycles.